The summed E-state index contributed by atoms with van der Waals surface area (Å²) in [5.74, 6) is 2.47. The van der Waals surface area contributed by atoms with Gasteiger partial charge in [0.25, 0.3) is 0 Å². The summed E-state index contributed by atoms with van der Waals surface area (Å²) in [5, 5.41) is 10.4. The van der Waals surface area contributed by atoms with Gasteiger partial charge in [-0.05, 0) is 48.4 Å². The topological polar surface area (TPSA) is 89.1 Å². The molecule has 146 valence electrons. The smallest absolute Gasteiger partial charge is 0.220 e. The molecule has 0 saturated heterocycles. The van der Waals surface area contributed by atoms with Crippen LogP contribution in [0.25, 0.3) is 11.4 Å². The maximum absolute atomic E-state index is 12.1. The highest BCUT2D eigenvalue weighted by molar-refractivity contribution is 6.32. The van der Waals surface area contributed by atoms with Crippen LogP contribution in [0.4, 0.5) is 0 Å². The second-order valence-corrected chi connectivity index (χ2v) is 6.49. The Balaban J connectivity index is 1.49. The SMILES string of the molecule is COc1ccc(-c2n[nH]c(CNC(=O)CCc3ccc(OC)c(Cl)c3)n2)cc1. The van der Waals surface area contributed by atoms with E-state index in [1.165, 1.54) is 0 Å². The first-order valence-electron chi connectivity index (χ1n) is 8.74. The van der Waals surface area contributed by atoms with Crippen LogP contribution >= 0.6 is 11.6 Å². The van der Waals surface area contributed by atoms with Gasteiger partial charge in [0.1, 0.15) is 17.3 Å². The van der Waals surface area contributed by atoms with Crippen molar-refractivity contribution < 1.29 is 14.3 Å². The molecule has 0 radical (unpaired) electrons. The summed E-state index contributed by atoms with van der Waals surface area (Å²) in [5.41, 5.74) is 1.84. The van der Waals surface area contributed by atoms with E-state index in [-0.39, 0.29) is 12.5 Å². The highest BCUT2D eigenvalue weighted by atomic mass is 35.5. The van der Waals surface area contributed by atoms with Gasteiger partial charge in [-0.3, -0.25) is 9.89 Å². The molecule has 0 fully saturated rings. The van der Waals surface area contributed by atoms with Crippen molar-refractivity contribution in [1.82, 2.24) is 20.5 Å². The van der Waals surface area contributed by atoms with Gasteiger partial charge >= 0.3 is 0 Å². The number of nitrogens with one attached hydrogen (secondary N) is 2. The zero-order chi connectivity index (χ0) is 19.9. The Morgan fingerprint density at radius 1 is 1.14 bits per heavy atom. The van der Waals surface area contributed by atoms with Crippen LogP contribution in [0, 0.1) is 0 Å². The number of halogens is 1. The average Bonchev–Trinajstić information content (AvgIpc) is 3.20. The van der Waals surface area contributed by atoms with E-state index in [4.69, 9.17) is 21.1 Å². The van der Waals surface area contributed by atoms with Crippen LogP contribution in [0.3, 0.4) is 0 Å². The molecule has 2 N–H and O–H groups in total. The van der Waals surface area contributed by atoms with Crippen LogP contribution < -0.4 is 14.8 Å². The number of carbonyl (C=O) groups is 1. The quantitative estimate of drug-likeness (QED) is 0.605. The molecule has 0 atom stereocenters. The number of carbonyl (C=O) groups excluding carboxylic acids is 1. The summed E-state index contributed by atoms with van der Waals surface area (Å²) in [6, 6.07) is 13.0. The molecular weight excluding hydrogens is 380 g/mol. The number of amides is 1. The van der Waals surface area contributed by atoms with Crippen molar-refractivity contribution in [1.29, 1.82) is 0 Å². The molecule has 0 saturated carbocycles. The fourth-order valence-corrected chi connectivity index (χ4v) is 2.92. The van der Waals surface area contributed by atoms with E-state index in [1.807, 2.05) is 36.4 Å². The molecule has 0 spiro atoms. The van der Waals surface area contributed by atoms with E-state index in [0.29, 0.717) is 35.3 Å². The Bertz CT molecular complexity index is 941. The Labute approximate surface area is 168 Å². The van der Waals surface area contributed by atoms with Gasteiger partial charge in [-0.1, -0.05) is 17.7 Å². The lowest BCUT2D eigenvalue weighted by Crippen LogP contribution is -2.23. The Morgan fingerprint density at radius 3 is 2.61 bits per heavy atom. The molecule has 0 bridgehead atoms. The predicted octanol–water partition coefficient (Wildman–Crippen LogP) is 3.39. The summed E-state index contributed by atoms with van der Waals surface area (Å²) < 4.78 is 10.3. The number of ether oxygens (including phenoxy) is 2. The molecule has 0 unspecified atom stereocenters. The number of nitrogens with zero attached hydrogens (tertiary/aromatic N) is 2. The van der Waals surface area contributed by atoms with E-state index in [2.05, 4.69) is 20.5 Å². The number of methoxy groups -OCH3 is 2. The van der Waals surface area contributed by atoms with Crippen molar-refractivity contribution in [2.45, 2.75) is 19.4 Å². The van der Waals surface area contributed by atoms with Crippen LogP contribution in [-0.4, -0.2) is 35.3 Å². The van der Waals surface area contributed by atoms with Crippen LogP contribution in [0.5, 0.6) is 11.5 Å². The second-order valence-electron chi connectivity index (χ2n) is 6.08. The van der Waals surface area contributed by atoms with E-state index in [0.717, 1.165) is 16.9 Å². The zero-order valence-electron chi connectivity index (χ0n) is 15.7. The highest BCUT2D eigenvalue weighted by Gasteiger charge is 2.09. The molecular formula is C20H21ClN4O3. The lowest BCUT2D eigenvalue weighted by atomic mass is 10.1. The minimum absolute atomic E-state index is 0.0747. The van der Waals surface area contributed by atoms with Crippen LogP contribution in [0.1, 0.15) is 17.8 Å². The summed E-state index contributed by atoms with van der Waals surface area (Å²) >= 11 is 6.10. The summed E-state index contributed by atoms with van der Waals surface area (Å²) in [6.45, 7) is 0.283. The molecule has 3 aromatic rings. The first-order valence-corrected chi connectivity index (χ1v) is 9.11. The van der Waals surface area contributed by atoms with E-state index < -0.39 is 0 Å². The van der Waals surface area contributed by atoms with Gasteiger partial charge in [-0.2, -0.15) is 5.10 Å². The normalized spacial score (nSPS) is 10.5. The Morgan fingerprint density at radius 2 is 1.93 bits per heavy atom. The predicted molar refractivity (Wildman–Crippen MR) is 107 cm³/mol. The van der Waals surface area contributed by atoms with Crippen LogP contribution in [-0.2, 0) is 17.8 Å². The van der Waals surface area contributed by atoms with Gasteiger partial charge in [0.15, 0.2) is 5.82 Å². The second kappa shape index (κ2) is 9.23. The molecule has 0 aliphatic heterocycles. The maximum Gasteiger partial charge on any atom is 0.220 e. The molecule has 8 heteroatoms. The minimum Gasteiger partial charge on any atom is -0.497 e. The molecule has 1 amide bonds. The van der Waals surface area contributed by atoms with Crippen molar-refractivity contribution in [3.05, 3.63) is 58.9 Å². The number of rotatable bonds is 8. The molecule has 1 aromatic heterocycles. The number of aromatic nitrogens is 3. The number of hydrogen-bond donors (Lipinski definition) is 2. The van der Waals surface area contributed by atoms with Crippen LogP contribution in [0.2, 0.25) is 5.02 Å². The van der Waals surface area contributed by atoms with E-state index >= 15 is 0 Å². The molecule has 2 aromatic carbocycles. The first-order chi connectivity index (χ1) is 13.6. The van der Waals surface area contributed by atoms with Gasteiger partial charge < -0.3 is 14.8 Å². The molecule has 28 heavy (non-hydrogen) atoms. The Kier molecular flexibility index (Phi) is 6.49. The summed E-state index contributed by atoms with van der Waals surface area (Å²) in [4.78, 5) is 16.5. The van der Waals surface area contributed by atoms with E-state index in [9.17, 15) is 4.79 Å². The van der Waals surface area contributed by atoms with Crippen molar-refractivity contribution >= 4 is 17.5 Å². The standard InChI is InChI=1S/C20H21ClN4O3/c1-27-15-7-5-14(6-8-15)20-23-18(24-25-20)12-22-19(26)10-4-13-3-9-17(28-2)16(21)11-13/h3,5-9,11H,4,10,12H2,1-2H3,(H,22,26)(H,23,24,25). The van der Waals surface area contributed by atoms with Gasteiger partial charge in [-0.15, -0.1) is 0 Å². The van der Waals surface area contributed by atoms with Crippen molar-refractivity contribution in [3.63, 3.8) is 0 Å². The number of aryl methyl sites for hydroxylation is 1. The third-order valence-corrected chi connectivity index (χ3v) is 4.49. The van der Waals surface area contributed by atoms with Crippen molar-refractivity contribution in [3.8, 4) is 22.9 Å². The molecule has 3 rings (SSSR count). The monoisotopic (exact) mass is 400 g/mol. The Hall–Kier alpha value is -3.06. The number of benzene rings is 2. The number of H-pyrrole nitrogens is 1. The van der Waals surface area contributed by atoms with Crippen molar-refractivity contribution in [2.24, 2.45) is 0 Å². The third-order valence-electron chi connectivity index (χ3n) is 4.19. The van der Waals surface area contributed by atoms with Gasteiger partial charge in [0, 0.05) is 12.0 Å². The highest BCUT2D eigenvalue weighted by Crippen LogP contribution is 2.25. The third kappa shape index (κ3) is 5.01. The first kappa shape index (κ1) is 19.7. The van der Waals surface area contributed by atoms with Gasteiger partial charge in [0.05, 0.1) is 25.8 Å². The molecule has 7 nitrogen and oxygen atoms in total. The minimum atomic E-state index is -0.0747. The summed E-state index contributed by atoms with van der Waals surface area (Å²) in [6.07, 6.45) is 0.936. The van der Waals surface area contributed by atoms with Gasteiger partial charge in [-0.25, -0.2) is 4.98 Å². The molecule has 1 heterocycles. The number of hydrogen-bond acceptors (Lipinski definition) is 5. The number of aromatic amines is 1. The zero-order valence-corrected chi connectivity index (χ0v) is 16.4. The molecule has 0 aliphatic rings. The fourth-order valence-electron chi connectivity index (χ4n) is 2.64. The van der Waals surface area contributed by atoms with Gasteiger partial charge in [0.2, 0.25) is 5.91 Å². The van der Waals surface area contributed by atoms with Crippen molar-refractivity contribution in [2.75, 3.05) is 14.2 Å². The van der Waals surface area contributed by atoms with E-state index in [1.54, 1.807) is 20.3 Å². The fraction of sp³-hybridized carbons (Fsp3) is 0.250. The lowest BCUT2D eigenvalue weighted by molar-refractivity contribution is -0.121. The summed E-state index contributed by atoms with van der Waals surface area (Å²) in [7, 11) is 3.18. The lowest BCUT2D eigenvalue weighted by Gasteiger charge is -2.06. The molecule has 0 aliphatic carbocycles. The average molecular weight is 401 g/mol. The maximum atomic E-state index is 12.1. The largest absolute Gasteiger partial charge is 0.497 e. The van der Waals surface area contributed by atoms with Crippen LogP contribution in [0.15, 0.2) is 42.5 Å².